The van der Waals surface area contributed by atoms with E-state index in [-0.39, 0.29) is 0 Å². The summed E-state index contributed by atoms with van der Waals surface area (Å²) in [5.41, 5.74) is 6.64. The molecule has 0 fully saturated rings. The number of benzene rings is 1. The molecule has 1 aromatic heterocycles. The van der Waals surface area contributed by atoms with Crippen molar-refractivity contribution in [3.05, 3.63) is 42.4 Å². The van der Waals surface area contributed by atoms with Crippen LogP contribution in [-0.2, 0) is 0 Å². The van der Waals surface area contributed by atoms with E-state index in [0.717, 1.165) is 15.6 Å². The van der Waals surface area contributed by atoms with Crippen LogP contribution >= 0.6 is 11.8 Å². The number of nitrogens with zero attached hydrogens (tertiary/aromatic N) is 3. The molecule has 2 N–H and O–H groups in total. The van der Waals surface area contributed by atoms with E-state index in [9.17, 15) is 0 Å². The summed E-state index contributed by atoms with van der Waals surface area (Å²) in [6.45, 7) is 0. The number of nitrogen functional groups attached to an aromatic ring is 1. The number of hydrogen-bond donors (Lipinski definition) is 1. The van der Waals surface area contributed by atoms with Crippen molar-refractivity contribution in [2.24, 2.45) is 0 Å². The van der Waals surface area contributed by atoms with Crippen LogP contribution in [0.25, 0.3) is 0 Å². The van der Waals surface area contributed by atoms with Gasteiger partial charge in [0, 0.05) is 10.6 Å². The molecule has 1 heterocycles. The van der Waals surface area contributed by atoms with Gasteiger partial charge in [0.2, 0.25) is 0 Å². The van der Waals surface area contributed by atoms with Gasteiger partial charge in [0.1, 0.15) is 11.1 Å². The molecule has 0 radical (unpaired) electrons. The molecule has 78 valence electrons. The van der Waals surface area contributed by atoms with Gasteiger partial charge in [0.25, 0.3) is 0 Å². The smallest absolute Gasteiger partial charge is 0.158 e. The first-order chi connectivity index (χ1) is 7.78. The zero-order chi connectivity index (χ0) is 11.4. The monoisotopic (exact) mass is 228 g/mol. The number of hydrogen-bond acceptors (Lipinski definition) is 5. The topological polar surface area (TPSA) is 75.6 Å². The number of anilines is 1. The van der Waals surface area contributed by atoms with Crippen LogP contribution in [0.4, 0.5) is 5.69 Å². The fraction of sp³-hybridized carbons (Fsp3) is 0. The van der Waals surface area contributed by atoms with Crippen molar-refractivity contribution in [1.82, 2.24) is 9.97 Å². The molecule has 16 heavy (non-hydrogen) atoms. The molecular formula is C11H8N4S. The van der Waals surface area contributed by atoms with Crippen LogP contribution in [0.15, 0.2) is 46.6 Å². The van der Waals surface area contributed by atoms with Gasteiger partial charge in [0.15, 0.2) is 5.69 Å². The average molecular weight is 228 g/mol. The van der Waals surface area contributed by atoms with Gasteiger partial charge in [-0.25, -0.2) is 9.97 Å². The van der Waals surface area contributed by atoms with Crippen molar-refractivity contribution >= 4 is 17.4 Å². The Kier molecular flexibility index (Phi) is 3.03. The molecule has 2 aromatic rings. The van der Waals surface area contributed by atoms with E-state index >= 15 is 0 Å². The first kappa shape index (κ1) is 10.5. The highest BCUT2D eigenvalue weighted by Gasteiger charge is 1.99. The average Bonchev–Trinajstić information content (AvgIpc) is 2.33. The lowest BCUT2D eigenvalue weighted by atomic mass is 10.3. The molecule has 0 spiro atoms. The molecule has 0 amide bonds. The van der Waals surface area contributed by atoms with Gasteiger partial charge in [-0.05, 0) is 24.3 Å². The van der Waals surface area contributed by atoms with E-state index in [0.29, 0.717) is 5.69 Å². The third-order valence-corrected chi connectivity index (χ3v) is 2.77. The molecule has 0 aliphatic carbocycles. The second kappa shape index (κ2) is 4.64. The summed E-state index contributed by atoms with van der Waals surface area (Å²) in [5.74, 6) is 0. The maximum absolute atomic E-state index is 8.58. The standard InChI is InChI=1S/C11H8N4S/c12-5-9-6-15-11(7-14-9)16-10-3-1-8(13)2-4-10/h1-4,6-7H,13H2. The van der Waals surface area contributed by atoms with E-state index in [1.54, 1.807) is 6.20 Å². The fourth-order valence-corrected chi connectivity index (χ4v) is 1.81. The third-order valence-electron chi connectivity index (χ3n) is 1.85. The van der Waals surface area contributed by atoms with Crippen LogP contribution in [0.1, 0.15) is 5.69 Å². The summed E-state index contributed by atoms with van der Waals surface area (Å²) in [6, 6.07) is 9.42. The van der Waals surface area contributed by atoms with Crippen LogP contribution in [0.5, 0.6) is 0 Å². The van der Waals surface area contributed by atoms with Crippen LogP contribution in [0, 0.1) is 11.3 Å². The Bertz CT molecular complexity index is 513. The Morgan fingerprint density at radius 3 is 2.44 bits per heavy atom. The van der Waals surface area contributed by atoms with Crippen molar-refractivity contribution in [3.63, 3.8) is 0 Å². The molecule has 0 aliphatic rings. The Hall–Kier alpha value is -2.06. The van der Waals surface area contributed by atoms with Crippen LogP contribution in [0.3, 0.4) is 0 Å². The minimum atomic E-state index is 0.321. The molecular weight excluding hydrogens is 220 g/mol. The minimum Gasteiger partial charge on any atom is -0.399 e. The van der Waals surface area contributed by atoms with Gasteiger partial charge < -0.3 is 5.73 Å². The summed E-state index contributed by atoms with van der Waals surface area (Å²) in [7, 11) is 0. The van der Waals surface area contributed by atoms with Crippen molar-refractivity contribution < 1.29 is 0 Å². The Balaban J connectivity index is 2.15. The molecule has 0 unspecified atom stereocenters. The highest BCUT2D eigenvalue weighted by atomic mass is 32.2. The summed E-state index contributed by atoms with van der Waals surface area (Å²) in [5, 5.41) is 9.33. The summed E-state index contributed by atoms with van der Waals surface area (Å²) < 4.78 is 0. The highest BCUT2D eigenvalue weighted by Crippen LogP contribution is 2.25. The minimum absolute atomic E-state index is 0.321. The Morgan fingerprint density at radius 1 is 1.12 bits per heavy atom. The van der Waals surface area contributed by atoms with Crippen molar-refractivity contribution in [1.29, 1.82) is 5.26 Å². The Labute approximate surface area is 97.1 Å². The van der Waals surface area contributed by atoms with E-state index in [1.165, 1.54) is 18.0 Å². The van der Waals surface area contributed by atoms with Gasteiger partial charge in [-0.1, -0.05) is 11.8 Å². The normalized spacial score (nSPS) is 9.69. The second-order valence-electron chi connectivity index (χ2n) is 3.02. The van der Waals surface area contributed by atoms with E-state index in [2.05, 4.69) is 9.97 Å². The largest absolute Gasteiger partial charge is 0.399 e. The van der Waals surface area contributed by atoms with Crippen molar-refractivity contribution in [3.8, 4) is 6.07 Å². The maximum Gasteiger partial charge on any atom is 0.158 e. The molecule has 1 aromatic carbocycles. The molecule has 0 aliphatic heterocycles. The predicted octanol–water partition coefficient (Wildman–Crippen LogP) is 2.08. The molecule has 5 heteroatoms. The second-order valence-corrected chi connectivity index (χ2v) is 4.12. The molecule has 2 rings (SSSR count). The lowest BCUT2D eigenvalue weighted by Crippen LogP contribution is -1.87. The summed E-state index contributed by atoms with van der Waals surface area (Å²) in [4.78, 5) is 9.09. The summed E-state index contributed by atoms with van der Waals surface area (Å²) in [6.07, 6.45) is 3.04. The molecule has 0 bridgehead atoms. The fourth-order valence-electron chi connectivity index (χ4n) is 1.08. The van der Waals surface area contributed by atoms with E-state index < -0.39 is 0 Å². The van der Waals surface area contributed by atoms with Gasteiger partial charge in [-0.15, -0.1) is 0 Å². The zero-order valence-corrected chi connectivity index (χ0v) is 9.11. The van der Waals surface area contributed by atoms with Crippen LogP contribution < -0.4 is 5.73 Å². The maximum atomic E-state index is 8.58. The van der Waals surface area contributed by atoms with E-state index in [4.69, 9.17) is 11.0 Å². The molecule has 4 nitrogen and oxygen atoms in total. The first-order valence-electron chi connectivity index (χ1n) is 4.53. The number of nitriles is 1. The van der Waals surface area contributed by atoms with Crippen molar-refractivity contribution in [2.75, 3.05) is 5.73 Å². The predicted molar refractivity (Wildman–Crippen MR) is 61.7 cm³/mol. The van der Waals surface area contributed by atoms with Gasteiger partial charge >= 0.3 is 0 Å². The van der Waals surface area contributed by atoms with Crippen molar-refractivity contribution in [2.45, 2.75) is 9.92 Å². The lowest BCUT2D eigenvalue weighted by molar-refractivity contribution is 1.04. The molecule has 0 saturated carbocycles. The van der Waals surface area contributed by atoms with Gasteiger partial charge in [-0.2, -0.15) is 5.26 Å². The van der Waals surface area contributed by atoms with E-state index in [1.807, 2.05) is 30.3 Å². The third kappa shape index (κ3) is 2.49. The summed E-state index contributed by atoms with van der Waals surface area (Å²) >= 11 is 1.48. The SMILES string of the molecule is N#Cc1cnc(Sc2ccc(N)cc2)cn1. The quantitative estimate of drug-likeness (QED) is 0.796. The van der Waals surface area contributed by atoms with Gasteiger partial charge in [0.05, 0.1) is 12.4 Å². The molecule has 0 saturated heterocycles. The highest BCUT2D eigenvalue weighted by molar-refractivity contribution is 7.99. The number of nitrogens with two attached hydrogens (primary N) is 1. The first-order valence-corrected chi connectivity index (χ1v) is 5.35. The number of aromatic nitrogens is 2. The van der Waals surface area contributed by atoms with Gasteiger partial charge in [-0.3, -0.25) is 0 Å². The Morgan fingerprint density at radius 2 is 1.88 bits per heavy atom. The molecule has 0 atom stereocenters. The number of rotatable bonds is 2. The zero-order valence-electron chi connectivity index (χ0n) is 8.29. The van der Waals surface area contributed by atoms with Crippen LogP contribution in [-0.4, -0.2) is 9.97 Å². The lowest BCUT2D eigenvalue weighted by Gasteiger charge is -2.00. The van der Waals surface area contributed by atoms with Crippen LogP contribution in [0.2, 0.25) is 0 Å².